The second kappa shape index (κ2) is 7.19. The van der Waals surface area contributed by atoms with Gasteiger partial charge in [-0.2, -0.15) is 4.31 Å². The van der Waals surface area contributed by atoms with Crippen molar-refractivity contribution >= 4 is 21.8 Å². The molecule has 0 bridgehead atoms. The fraction of sp³-hybridized carbons (Fsp3) is 0.833. The van der Waals surface area contributed by atoms with E-state index >= 15 is 0 Å². The molecule has 9 heteroatoms. The number of nitrogens with zero attached hydrogens (tertiary/aromatic N) is 2. The highest BCUT2D eigenvalue weighted by molar-refractivity contribution is 7.89. The van der Waals surface area contributed by atoms with Gasteiger partial charge in [0.25, 0.3) is 0 Å². The molecule has 122 valence electrons. The third kappa shape index (κ3) is 5.25. The smallest absolute Gasteiger partial charge is 0.234 e. The average molecular weight is 320 g/mol. The monoisotopic (exact) mass is 320 g/mol. The molecule has 0 aromatic heterocycles. The van der Waals surface area contributed by atoms with Gasteiger partial charge in [-0.3, -0.25) is 9.59 Å². The molecule has 0 aliphatic carbocycles. The topological polar surface area (TPSA) is 127 Å². The molecule has 1 aliphatic heterocycles. The van der Waals surface area contributed by atoms with Crippen molar-refractivity contribution in [2.24, 2.45) is 11.5 Å². The molecule has 1 rings (SSSR count). The zero-order chi connectivity index (χ0) is 16.2. The van der Waals surface area contributed by atoms with Gasteiger partial charge in [0, 0.05) is 12.1 Å². The van der Waals surface area contributed by atoms with Crippen LogP contribution in [0, 0.1) is 0 Å². The van der Waals surface area contributed by atoms with E-state index in [1.165, 1.54) is 0 Å². The van der Waals surface area contributed by atoms with Crippen LogP contribution in [0.1, 0.15) is 26.7 Å². The molecule has 0 aromatic rings. The Labute approximate surface area is 125 Å². The SMILES string of the molecule is CC(C)N1CCC(N(CC(N)=O)S(=O)(=O)CC(N)=O)CC1. The fourth-order valence-corrected chi connectivity index (χ4v) is 4.08. The number of piperidine rings is 1. The van der Waals surface area contributed by atoms with Crippen molar-refractivity contribution < 1.29 is 18.0 Å². The van der Waals surface area contributed by atoms with Crippen molar-refractivity contribution in [3.63, 3.8) is 0 Å². The zero-order valence-corrected chi connectivity index (χ0v) is 13.3. The summed E-state index contributed by atoms with van der Waals surface area (Å²) >= 11 is 0. The van der Waals surface area contributed by atoms with Crippen molar-refractivity contribution in [1.29, 1.82) is 0 Å². The van der Waals surface area contributed by atoms with Crippen LogP contribution in [-0.4, -0.2) is 66.9 Å². The minimum absolute atomic E-state index is 0.322. The van der Waals surface area contributed by atoms with Crippen LogP contribution in [0.15, 0.2) is 0 Å². The normalized spacial score (nSPS) is 18.3. The van der Waals surface area contributed by atoms with Gasteiger partial charge in [0.2, 0.25) is 21.8 Å². The molecule has 21 heavy (non-hydrogen) atoms. The van der Waals surface area contributed by atoms with Crippen LogP contribution in [0.4, 0.5) is 0 Å². The molecule has 1 aliphatic rings. The van der Waals surface area contributed by atoms with Crippen molar-refractivity contribution in [3.8, 4) is 0 Å². The van der Waals surface area contributed by atoms with E-state index in [-0.39, 0.29) is 6.04 Å². The van der Waals surface area contributed by atoms with Crippen molar-refractivity contribution in [1.82, 2.24) is 9.21 Å². The fourth-order valence-electron chi connectivity index (χ4n) is 2.56. The van der Waals surface area contributed by atoms with E-state index in [0.717, 1.165) is 17.4 Å². The van der Waals surface area contributed by atoms with Crippen molar-refractivity contribution in [3.05, 3.63) is 0 Å². The van der Waals surface area contributed by atoms with Crippen LogP contribution < -0.4 is 11.5 Å². The number of sulfonamides is 1. The number of primary amides is 2. The predicted molar refractivity (Wildman–Crippen MR) is 78.6 cm³/mol. The largest absolute Gasteiger partial charge is 0.369 e. The molecule has 4 N–H and O–H groups in total. The van der Waals surface area contributed by atoms with E-state index in [0.29, 0.717) is 18.9 Å². The third-order valence-corrected chi connectivity index (χ3v) is 5.42. The van der Waals surface area contributed by atoms with Gasteiger partial charge in [0.1, 0.15) is 5.75 Å². The first kappa shape index (κ1) is 17.9. The summed E-state index contributed by atoms with van der Waals surface area (Å²) in [6.45, 7) is 5.21. The number of likely N-dealkylation sites (tertiary alicyclic amines) is 1. The molecule has 0 radical (unpaired) electrons. The van der Waals surface area contributed by atoms with Crippen LogP contribution in [0.2, 0.25) is 0 Å². The van der Waals surface area contributed by atoms with Gasteiger partial charge in [-0.1, -0.05) is 0 Å². The van der Waals surface area contributed by atoms with E-state index in [9.17, 15) is 18.0 Å². The Morgan fingerprint density at radius 2 is 1.71 bits per heavy atom. The number of carbonyl (C=O) groups excluding carboxylic acids is 2. The molecule has 2 amide bonds. The molecular weight excluding hydrogens is 296 g/mol. The molecular formula is C12H24N4O4S. The highest BCUT2D eigenvalue weighted by Gasteiger charge is 2.34. The van der Waals surface area contributed by atoms with Gasteiger partial charge in [-0.05, 0) is 39.8 Å². The lowest BCUT2D eigenvalue weighted by Crippen LogP contribution is -2.52. The quantitative estimate of drug-likeness (QED) is 0.588. The van der Waals surface area contributed by atoms with Gasteiger partial charge in [0.05, 0.1) is 6.54 Å². The maximum Gasteiger partial charge on any atom is 0.234 e. The predicted octanol–water partition coefficient (Wildman–Crippen LogP) is -1.54. The Hall–Kier alpha value is -1.19. The summed E-state index contributed by atoms with van der Waals surface area (Å²) in [5.74, 6) is -2.48. The van der Waals surface area contributed by atoms with E-state index in [4.69, 9.17) is 11.5 Å². The molecule has 0 unspecified atom stereocenters. The second-order valence-electron chi connectivity index (χ2n) is 5.59. The zero-order valence-electron chi connectivity index (χ0n) is 12.5. The Morgan fingerprint density at radius 1 is 1.19 bits per heavy atom. The molecule has 0 atom stereocenters. The van der Waals surface area contributed by atoms with Crippen LogP contribution in [-0.2, 0) is 19.6 Å². The molecule has 1 heterocycles. The number of amides is 2. The van der Waals surface area contributed by atoms with Gasteiger partial charge in [-0.15, -0.1) is 0 Å². The molecule has 1 fully saturated rings. The first-order valence-corrected chi connectivity index (χ1v) is 8.54. The van der Waals surface area contributed by atoms with E-state index in [2.05, 4.69) is 18.7 Å². The number of hydrogen-bond acceptors (Lipinski definition) is 5. The van der Waals surface area contributed by atoms with E-state index < -0.39 is 34.1 Å². The third-order valence-electron chi connectivity index (χ3n) is 3.63. The van der Waals surface area contributed by atoms with Crippen LogP contribution in [0.3, 0.4) is 0 Å². The summed E-state index contributed by atoms with van der Waals surface area (Å²) in [5, 5.41) is 0. The van der Waals surface area contributed by atoms with Gasteiger partial charge in [-0.25, -0.2) is 8.42 Å². The summed E-state index contributed by atoms with van der Waals surface area (Å²) in [6.07, 6.45) is 1.20. The van der Waals surface area contributed by atoms with Crippen LogP contribution >= 0.6 is 0 Å². The maximum absolute atomic E-state index is 12.2. The van der Waals surface area contributed by atoms with Crippen molar-refractivity contribution in [2.45, 2.75) is 38.8 Å². The first-order valence-electron chi connectivity index (χ1n) is 6.93. The van der Waals surface area contributed by atoms with Gasteiger partial charge in [0.15, 0.2) is 0 Å². The molecule has 8 nitrogen and oxygen atoms in total. The highest BCUT2D eigenvalue weighted by Crippen LogP contribution is 2.21. The Balaban J connectivity index is 2.85. The summed E-state index contributed by atoms with van der Waals surface area (Å²) in [5.41, 5.74) is 10.1. The minimum atomic E-state index is -3.91. The maximum atomic E-state index is 12.2. The molecule has 0 spiro atoms. The standard InChI is InChI=1S/C12H24N4O4S/c1-9(2)15-5-3-10(4-6-15)16(7-11(13)17)21(19,20)8-12(14)18/h9-10H,3-8H2,1-2H3,(H2,13,17)(H2,14,18). The van der Waals surface area contributed by atoms with E-state index in [1.54, 1.807) is 0 Å². The second-order valence-corrected chi connectivity index (χ2v) is 7.52. The van der Waals surface area contributed by atoms with Crippen molar-refractivity contribution in [2.75, 3.05) is 25.4 Å². The van der Waals surface area contributed by atoms with Crippen LogP contribution in [0.25, 0.3) is 0 Å². The summed E-state index contributed by atoms with van der Waals surface area (Å²) in [4.78, 5) is 24.3. The highest BCUT2D eigenvalue weighted by atomic mass is 32.2. The summed E-state index contributed by atoms with van der Waals surface area (Å²) < 4.78 is 25.4. The van der Waals surface area contributed by atoms with Crippen LogP contribution in [0.5, 0.6) is 0 Å². The minimum Gasteiger partial charge on any atom is -0.369 e. The molecule has 0 aromatic carbocycles. The lowest BCUT2D eigenvalue weighted by Gasteiger charge is -2.38. The first-order chi connectivity index (χ1) is 9.63. The number of hydrogen-bond donors (Lipinski definition) is 2. The van der Waals surface area contributed by atoms with Gasteiger partial charge < -0.3 is 16.4 Å². The summed E-state index contributed by atoms with van der Waals surface area (Å²) in [6, 6.07) is 0.0645. The Kier molecular flexibility index (Phi) is 6.11. The summed E-state index contributed by atoms with van der Waals surface area (Å²) in [7, 11) is -3.91. The Morgan fingerprint density at radius 3 is 2.10 bits per heavy atom. The number of nitrogens with two attached hydrogens (primary N) is 2. The lowest BCUT2D eigenvalue weighted by atomic mass is 10.0. The molecule has 1 saturated heterocycles. The molecule has 0 saturated carbocycles. The average Bonchev–Trinajstić information content (AvgIpc) is 2.34. The number of rotatable bonds is 7. The van der Waals surface area contributed by atoms with Gasteiger partial charge >= 0.3 is 0 Å². The van der Waals surface area contributed by atoms with E-state index in [1.807, 2.05) is 0 Å². The Bertz CT molecular complexity index is 483. The number of carbonyl (C=O) groups is 2. The lowest BCUT2D eigenvalue weighted by molar-refractivity contribution is -0.119.